The lowest BCUT2D eigenvalue weighted by atomic mass is 10.6. The molecule has 1 atom stereocenters. The van der Waals surface area contributed by atoms with Gasteiger partial charge in [-0.1, -0.05) is 6.58 Å². The number of rotatable bonds is 5. The van der Waals surface area contributed by atoms with Gasteiger partial charge in [0.15, 0.2) is 0 Å². The van der Waals surface area contributed by atoms with Crippen molar-refractivity contribution in [2.24, 2.45) is 11.5 Å². The Balaban J connectivity index is 4.87. The van der Waals surface area contributed by atoms with Crippen LogP contribution in [0.5, 0.6) is 0 Å². The molecule has 0 aliphatic carbocycles. The molecule has 72 valence electrons. The number of hydrogen-bond acceptors (Lipinski definition) is 5. The maximum atomic E-state index is 11.2. The first-order valence-corrected chi connectivity index (χ1v) is 4.98. The highest BCUT2D eigenvalue weighted by molar-refractivity contribution is 7.95. The fourth-order valence-electron chi connectivity index (χ4n) is 0.643. The summed E-state index contributed by atoms with van der Waals surface area (Å²) in [5.41, 5.74) is 10.6. The molecule has 12 heavy (non-hydrogen) atoms. The van der Waals surface area contributed by atoms with Crippen LogP contribution >= 0.6 is 0 Å². The second-order valence-corrected chi connectivity index (χ2v) is 4.28. The third-order valence-electron chi connectivity index (χ3n) is 1.37. The van der Waals surface area contributed by atoms with Crippen molar-refractivity contribution in [2.75, 3.05) is 13.2 Å². The molecule has 0 aliphatic rings. The van der Waals surface area contributed by atoms with Gasteiger partial charge in [0.2, 0.25) is 14.9 Å². The van der Waals surface area contributed by atoms with E-state index in [4.69, 9.17) is 16.2 Å². The lowest BCUT2D eigenvalue weighted by molar-refractivity contribution is 0.0382. The fourth-order valence-corrected chi connectivity index (χ4v) is 1.44. The normalized spacial score (nSPS) is 16.9. The van der Waals surface area contributed by atoms with Gasteiger partial charge in [0.05, 0.1) is 6.54 Å². The summed E-state index contributed by atoms with van der Waals surface area (Å²) in [6.07, 6.45) is 0. The van der Waals surface area contributed by atoms with Crippen LogP contribution in [0.4, 0.5) is 0 Å². The van der Waals surface area contributed by atoms with Crippen molar-refractivity contribution in [1.82, 2.24) is 0 Å². The minimum atomic E-state index is -3.68. The van der Waals surface area contributed by atoms with Crippen molar-refractivity contribution in [2.45, 2.75) is 12.0 Å². The monoisotopic (exact) mass is 194 g/mol. The van der Waals surface area contributed by atoms with Gasteiger partial charge in [0.1, 0.15) is 0 Å². The molecule has 0 rings (SSSR count). The zero-order chi connectivity index (χ0) is 9.83. The molecule has 0 heterocycles. The maximum absolute atomic E-state index is 11.2. The van der Waals surface area contributed by atoms with Crippen LogP contribution in [-0.2, 0) is 14.6 Å². The molecule has 0 bridgehead atoms. The van der Waals surface area contributed by atoms with Gasteiger partial charge in [-0.2, -0.15) is 0 Å². The highest BCUT2D eigenvalue weighted by Crippen LogP contribution is 2.12. The third-order valence-corrected chi connectivity index (χ3v) is 3.06. The van der Waals surface area contributed by atoms with Gasteiger partial charge < -0.3 is 10.5 Å². The van der Waals surface area contributed by atoms with E-state index < -0.39 is 14.9 Å². The van der Waals surface area contributed by atoms with Crippen molar-refractivity contribution >= 4 is 9.84 Å². The Bertz CT molecular complexity index is 250. The predicted molar refractivity (Wildman–Crippen MR) is 46.7 cm³/mol. The van der Waals surface area contributed by atoms with Crippen molar-refractivity contribution in [3.05, 3.63) is 12.0 Å². The van der Waals surface area contributed by atoms with E-state index >= 15 is 0 Å². The second kappa shape index (κ2) is 3.99. The first-order chi connectivity index (χ1) is 5.43. The molecule has 0 fully saturated rings. The second-order valence-electron chi connectivity index (χ2n) is 2.16. The summed E-state index contributed by atoms with van der Waals surface area (Å²) in [4.78, 5) is 0. The van der Waals surface area contributed by atoms with E-state index in [1.54, 1.807) is 6.92 Å². The standard InChI is InChI=1S/C6H14N2O3S/c1-3-11-6(8,5-7)12(9,10)4-2/h4H,2-3,5,7-8H2,1H3. The van der Waals surface area contributed by atoms with Crippen LogP contribution in [0.1, 0.15) is 6.92 Å². The Labute approximate surface area is 72.3 Å². The van der Waals surface area contributed by atoms with Gasteiger partial charge in [0, 0.05) is 12.0 Å². The summed E-state index contributed by atoms with van der Waals surface area (Å²) in [6, 6.07) is 0. The predicted octanol–water partition coefficient (Wildman–Crippen LogP) is -0.848. The van der Waals surface area contributed by atoms with E-state index in [0.29, 0.717) is 0 Å². The molecule has 0 saturated heterocycles. The van der Waals surface area contributed by atoms with E-state index in [2.05, 4.69) is 6.58 Å². The van der Waals surface area contributed by atoms with E-state index in [1.165, 1.54) is 0 Å². The minimum absolute atomic E-state index is 0.181. The van der Waals surface area contributed by atoms with Crippen LogP contribution < -0.4 is 11.5 Å². The first-order valence-electron chi connectivity index (χ1n) is 3.43. The smallest absolute Gasteiger partial charge is 0.236 e. The number of nitrogens with two attached hydrogens (primary N) is 2. The molecule has 0 aromatic rings. The molecule has 0 saturated carbocycles. The summed E-state index contributed by atoms with van der Waals surface area (Å²) in [5.74, 6) is 0. The highest BCUT2D eigenvalue weighted by atomic mass is 32.2. The van der Waals surface area contributed by atoms with Gasteiger partial charge in [-0.05, 0) is 6.92 Å². The molecule has 0 aromatic carbocycles. The fraction of sp³-hybridized carbons (Fsp3) is 0.667. The average molecular weight is 194 g/mol. The molecular weight excluding hydrogens is 180 g/mol. The van der Waals surface area contributed by atoms with Gasteiger partial charge >= 0.3 is 0 Å². The molecule has 0 aliphatic heterocycles. The van der Waals surface area contributed by atoms with Crippen molar-refractivity contribution < 1.29 is 13.2 Å². The van der Waals surface area contributed by atoms with Gasteiger partial charge in [-0.3, -0.25) is 5.73 Å². The Morgan fingerprint density at radius 2 is 2.17 bits per heavy atom. The zero-order valence-electron chi connectivity index (χ0n) is 6.99. The summed E-state index contributed by atoms with van der Waals surface area (Å²) in [6.45, 7) is 4.64. The lowest BCUT2D eigenvalue weighted by Gasteiger charge is -2.25. The van der Waals surface area contributed by atoms with Gasteiger partial charge in [-0.15, -0.1) is 0 Å². The number of sulfone groups is 1. The Morgan fingerprint density at radius 3 is 2.42 bits per heavy atom. The van der Waals surface area contributed by atoms with E-state index in [1.807, 2.05) is 0 Å². The van der Waals surface area contributed by atoms with E-state index in [9.17, 15) is 8.42 Å². The van der Waals surface area contributed by atoms with E-state index in [0.717, 1.165) is 5.41 Å². The molecule has 0 radical (unpaired) electrons. The summed E-state index contributed by atoms with van der Waals surface area (Å²) < 4.78 is 27.2. The van der Waals surface area contributed by atoms with Crippen LogP contribution in [0.3, 0.4) is 0 Å². The third kappa shape index (κ3) is 2.04. The SMILES string of the molecule is C=CS(=O)(=O)C(N)(CN)OCC. The molecule has 5 nitrogen and oxygen atoms in total. The molecule has 0 aromatic heterocycles. The average Bonchev–Trinajstić information content (AvgIpc) is 2.04. The molecule has 6 heteroatoms. The molecule has 4 N–H and O–H groups in total. The lowest BCUT2D eigenvalue weighted by Crippen LogP contribution is -2.55. The quantitative estimate of drug-likeness (QED) is 0.556. The van der Waals surface area contributed by atoms with Crippen molar-refractivity contribution in [3.63, 3.8) is 0 Å². The summed E-state index contributed by atoms with van der Waals surface area (Å²) in [5, 5.41) is -1.08. The van der Waals surface area contributed by atoms with Crippen LogP contribution in [0.15, 0.2) is 12.0 Å². The number of hydrogen-bond donors (Lipinski definition) is 2. The minimum Gasteiger partial charge on any atom is -0.346 e. The van der Waals surface area contributed by atoms with Crippen LogP contribution in [0.2, 0.25) is 0 Å². The largest absolute Gasteiger partial charge is 0.346 e. The number of ether oxygens (including phenoxy) is 1. The Kier molecular flexibility index (Phi) is 3.85. The van der Waals surface area contributed by atoms with Crippen LogP contribution in [-0.4, -0.2) is 26.6 Å². The molecule has 0 spiro atoms. The van der Waals surface area contributed by atoms with Crippen molar-refractivity contribution in [1.29, 1.82) is 0 Å². The maximum Gasteiger partial charge on any atom is 0.236 e. The highest BCUT2D eigenvalue weighted by Gasteiger charge is 2.37. The summed E-state index contributed by atoms with van der Waals surface area (Å²) in [7, 11) is -3.68. The molecule has 0 amide bonds. The molecular formula is C6H14N2O3S. The van der Waals surface area contributed by atoms with E-state index in [-0.39, 0.29) is 13.2 Å². The summed E-state index contributed by atoms with van der Waals surface area (Å²) >= 11 is 0. The van der Waals surface area contributed by atoms with Crippen LogP contribution in [0, 0.1) is 0 Å². The first kappa shape index (κ1) is 11.6. The zero-order valence-corrected chi connectivity index (χ0v) is 7.80. The molecule has 1 unspecified atom stereocenters. The van der Waals surface area contributed by atoms with Gasteiger partial charge in [0.25, 0.3) is 0 Å². The Hall–Kier alpha value is -0.430. The Morgan fingerprint density at radius 1 is 1.67 bits per heavy atom. The topological polar surface area (TPSA) is 95.4 Å². The van der Waals surface area contributed by atoms with Gasteiger partial charge in [-0.25, -0.2) is 8.42 Å². The van der Waals surface area contributed by atoms with Crippen LogP contribution in [0.25, 0.3) is 0 Å². The van der Waals surface area contributed by atoms with Crippen molar-refractivity contribution in [3.8, 4) is 0 Å².